The van der Waals surface area contributed by atoms with Gasteiger partial charge in [0.2, 0.25) is 5.91 Å². The molecule has 1 aromatic carbocycles. The van der Waals surface area contributed by atoms with Gasteiger partial charge < -0.3 is 10.4 Å². The van der Waals surface area contributed by atoms with Crippen LogP contribution in [0, 0.1) is 12.8 Å². The van der Waals surface area contributed by atoms with E-state index in [1.807, 2.05) is 0 Å². The van der Waals surface area contributed by atoms with Crippen LogP contribution >= 0.6 is 11.8 Å². The van der Waals surface area contributed by atoms with Crippen molar-refractivity contribution in [3.8, 4) is 0 Å². The highest BCUT2D eigenvalue weighted by Gasteiger charge is 2.43. The van der Waals surface area contributed by atoms with Gasteiger partial charge in [0.05, 0.1) is 10.7 Å². The lowest BCUT2D eigenvalue weighted by Gasteiger charge is -2.29. The Balaban J connectivity index is 1.67. The second-order valence-electron chi connectivity index (χ2n) is 7.14. The lowest BCUT2D eigenvalue weighted by Crippen LogP contribution is -2.46. The van der Waals surface area contributed by atoms with Crippen LogP contribution in [0.15, 0.2) is 29.2 Å². The fourth-order valence-electron chi connectivity index (χ4n) is 3.81. The number of hydrogen-bond acceptors (Lipinski definition) is 3. The molecular weight excluding hydrogens is 322 g/mol. The zero-order valence-corrected chi connectivity index (χ0v) is 14.9. The first-order valence-corrected chi connectivity index (χ1v) is 9.60. The molecule has 0 unspecified atom stereocenters. The lowest BCUT2D eigenvalue weighted by molar-refractivity contribution is -0.141. The first kappa shape index (κ1) is 17.3. The van der Waals surface area contributed by atoms with Gasteiger partial charge in [0.25, 0.3) is 0 Å². The van der Waals surface area contributed by atoms with Crippen LogP contribution in [0.5, 0.6) is 0 Å². The van der Waals surface area contributed by atoms with Gasteiger partial charge in [-0.15, -0.1) is 11.8 Å². The average molecular weight is 347 g/mol. The molecular formula is C19H25NO3S. The number of aliphatic carboxylic acids is 1. The minimum absolute atomic E-state index is 0.00897. The van der Waals surface area contributed by atoms with Crippen LogP contribution < -0.4 is 5.32 Å². The second kappa shape index (κ2) is 7.18. The van der Waals surface area contributed by atoms with E-state index in [4.69, 9.17) is 5.11 Å². The number of hydrogen-bond donors (Lipinski definition) is 2. The Kier molecular flexibility index (Phi) is 5.18. The Morgan fingerprint density at radius 2 is 1.83 bits per heavy atom. The summed E-state index contributed by atoms with van der Waals surface area (Å²) in [6.07, 6.45) is 5.95. The summed E-state index contributed by atoms with van der Waals surface area (Å²) in [6, 6.07) is 8.34. The molecule has 3 rings (SSSR count). The number of aryl methyl sites for hydroxylation is 1. The van der Waals surface area contributed by atoms with Gasteiger partial charge in [-0.3, -0.25) is 9.59 Å². The number of carbonyl (C=O) groups is 2. The third kappa shape index (κ3) is 3.77. The number of benzene rings is 1. The predicted octanol–water partition coefficient (Wildman–Crippen LogP) is 3.77. The molecule has 0 bridgehead atoms. The highest BCUT2D eigenvalue weighted by molar-refractivity contribution is 8.01. The molecule has 0 saturated heterocycles. The standard InChI is InChI=1S/C19H25NO3S/c1-13-4-8-16(9-5-13)24-19(10-2-3-11-19)18(23)20-15-7-6-14(12-15)17(21)22/h4-5,8-9,14-15H,2-3,6-7,10-12H2,1H3,(H,20,23)(H,21,22)/t14-,15+/m1/s1. The molecule has 2 N–H and O–H groups in total. The summed E-state index contributed by atoms with van der Waals surface area (Å²) in [6.45, 7) is 2.06. The van der Waals surface area contributed by atoms with Crippen molar-refractivity contribution < 1.29 is 14.7 Å². The van der Waals surface area contributed by atoms with Crippen molar-refractivity contribution in [2.24, 2.45) is 5.92 Å². The Morgan fingerprint density at radius 1 is 1.17 bits per heavy atom. The number of rotatable bonds is 5. The van der Waals surface area contributed by atoms with E-state index in [9.17, 15) is 9.59 Å². The molecule has 2 fully saturated rings. The number of carboxylic acids is 1. The molecule has 1 aromatic rings. The van der Waals surface area contributed by atoms with Gasteiger partial charge in [-0.25, -0.2) is 0 Å². The smallest absolute Gasteiger partial charge is 0.306 e. The molecule has 2 saturated carbocycles. The third-order valence-electron chi connectivity index (χ3n) is 5.28. The van der Waals surface area contributed by atoms with E-state index in [-0.39, 0.29) is 17.9 Å². The average Bonchev–Trinajstić information content (AvgIpc) is 3.20. The first-order valence-electron chi connectivity index (χ1n) is 8.78. The third-order valence-corrected chi connectivity index (χ3v) is 6.77. The number of nitrogens with one attached hydrogen (secondary N) is 1. The van der Waals surface area contributed by atoms with Gasteiger partial charge in [-0.2, -0.15) is 0 Å². The van der Waals surface area contributed by atoms with Crippen molar-refractivity contribution in [1.82, 2.24) is 5.32 Å². The Bertz CT molecular complexity index is 608. The van der Waals surface area contributed by atoms with Crippen molar-refractivity contribution in [3.05, 3.63) is 29.8 Å². The summed E-state index contributed by atoms with van der Waals surface area (Å²) in [4.78, 5) is 25.2. The van der Waals surface area contributed by atoms with E-state index >= 15 is 0 Å². The molecule has 2 atom stereocenters. The summed E-state index contributed by atoms with van der Waals surface area (Å²) in [5.41, 5.74) is 1.22. The van der Waals surface area contributed by atoms with Crippen molar-refractivity contribution in [3.63, 3.8) is 0 Å². The van der Waals surface area contributed by atoms with E-state index in [0.717, 1.165) is 37.0 Å². The molecule has 2 aliphatic rings. The van der Waals surface area contributed by atoms with Gasteiger partial charge >= 0.3 is 5.97 Å². The van der Waals surface area contributed by atoms with E-state index in [2.05, 4.69) is 36.5 Å². The highest BCUT2D eigenvalue weighted by atomic mass is 32.2. The zero-order valence-electron chi connectivity index (χ0n) is 14.1. The second-order valence-corrected chi connectivity index (χ2v) is 8.59. The van der Waals surface area contributed by atoms with Crippen molar-refractivity contribution in [2.75, 3.05) is 0 Å². The van der Waals surface area contributed by atoms with E-state index < -0.39 is 10.7 Å². The molecule has 5 heteroatoms. The monoisotopic (exact) mass is 347 g/mol. The summed E-state index contributed by atoms with van der Waals surface area (Å²) in [7, 11) is 0. The number of carboxylic acid groups (broad SMARTS) is 1. The Morgan fingerprint density at radius 3 is 2.42 bits per heavy atom. The maximum atomic E-state index is 13.0. The number of thioether (sulfide) groups is 1. The summed E-state index contributed by atoms with van der Waals surface area (Å²) >= 11 is 1.68. The maximum Gasteiger partial charge on any atom is 0.306 e. The van der Waals surface area contributed by atoms with Crippen LogP contribution in [0.2, 0.25) is 0 Å². The van der Waals surface area contributed by atoms with Crippen LogP contribution in [0.25, 0.3) is 0 Å². The molecule has 2 aliphatic carbocycles. The quantitative estimate of drug-likeness (QED) is 0.851. The topological polar surface area (TPSA) is 66.4 Å². The van der Waals surface area contributed by atoms with Gasteiger partial charge in [-0.1, -0.05) is 30.5 Å². The van der Waals surface area contributed by atoms with Crippen molar-refractivity contribution >= 4 is 23.6 Å². The van der Waals surface area contributed by atoms with Gasteiger partial charge in [0.1, 0.15) is 0 Å². The summed E-state index contributed by atoms with van der Waals surface area (Å²) in [5, 5.41) is 12.3. The van der Waals surface area contributed by atoms with E-state index in [0.29, 0.717) is 12.8 Å². The fourth-order valence-corrected chi connectivity index (χ4v) is 5.18. The van der Waals surface area contributed by atoms with Crippen LogP contribution in [0.1, 0.15) is 50.5 Å². The molecule has 0 radical (unpaired) electrons. The highest BCUT2D eigenvalue weighted by Crippen LogP contribution is 2.46. The van der Waals surface area contributed by atoms with Crippen molar-refractivity contribution in [1.29, 1.82) is 0 Å². The first-order chi connectivity index (χ1) is 11.5. The minimum Gasteiger partial charge on any atom is -0.481 e. The largest absolute Gasteiger partial charge is 0.481 e. The van der Waals surface area contributed by atoms with Gasteiger partial charge in [0, 0.05) is 10.9 Å². The number of carbonyl (C=O) groups excluding carboxylic acids is 1. The van der Waals surface area contributed by atoms with Crippen LogP contribution in [0.3, 0.4) is 0 Å². The van der Waals surface area contributed by atoms with E-state index in [1.54, 1.807) is 11.8 Å². The SMILES string of the molecule is Cc1ccc(SC2(C(=O)N[C@H]3CC[C@@H](C(=O)O)C3)CCCC2)cc1. The van der Waals surface area contributed by atoms with Gasteiger partial charge in [-0.05, 0) is 51.2 Å². The van der Waals surface area contributed by atoms with Crippen molar-refractivity contribution in [2.45, 2.75) is 67.6 Å². The molecule has 0 aliphatic heterocycles. The summed E-state index contributed by atoms with van der Waals surface area (Å²) < 4.78 is -0.392. The Labute approximate surface area is 147 Å². The maximum absolute atomic E-state index is 13.0. The molecule has 1 amide bonds. The molecule has 130 valence electrons. The molecule has 24 heavy (non-hydrogen) atoms. The molecule has 4 nitrogen and oxygen atoms in total. The molecule has 0 heterocycles. The predicted molar refractivity (Wildman–Crippen MR) is 95.1 cm³/mol. The zero-order chi connectivity index (χ0) is 17.2. The lowest BCUT2D eigenvalue weighted by atomic mass is 10.0. The summed E-state index contributed by atoms with van der Waals surface area (Å²) in [5.74, 6) is -0.947. The van der Waals surface area contributed by atoms with Crippen LogP contribution in [0.4, 0.5) is 0 Å². The molecule has 0 aromatic heterocycles. The fraction of sp³-hybridized carbons (Fsp3) is 0.579. The van der Waals surface area contributed by atoms with Crippen LogP contribution in [-0.2, 0) is 9.59 Å². The molecule has 0 spiro atoms. The Hall–Kier alpha value is -1.49. The van der Waals surface area contributed by atoms with Crippen LogP contribution in [-0.4, -0.2) is 27.8 Å². The number of amides is 1. The van der Waals surface area contributed by atoms with E-state index in [1.165, 1.54) is 5.56 Å². The minimum atomic E-state index is -0.739. The normalized spacial score (nSPS) is 25.5. The van der Waals surface area contributed by atoms with Gasteiger partial charge in [0.15, 0.2) is 0 Å².